The van der Waals surface area contributed by atoms with Gasteiger partial charge in [0.05, 0.1) is 0 Å². The maximum absolute atomic E-state index is 6.51. The second kappa shape index (κ2) is 4.92. The third-order valence-corrected chi connectivity index (χ3v) is 9.94. The van der Waals surface area contributed by atoms with Crippen LogP contribution in [0.5, 0.6) is 0 Å². The number of piperidine rings is 1. The van der Waals surface area contributed by atoms with Gasteiger partial charge in [0.25, 0.3) is 8.48 Å². The molecule has 1 aliphatic heterocycles. The van der Waals surface area contributed by atoms with E-state index in [9.17, 15) is 0 Å². The van der Waals surface area contributed by atoms with Crippen molar-refractivity contribution in [2.45, 2.75) is 77.9 Å². The lowest BCUT2D eigenvalue weighted by atomic mass is 10.0. The fourth-order valence-corrected chi connectivity index (χ4v) is 12.1. The molecule has 2 unspecified atom stereocenters. The molecule has 4 heteroatoms. The zero-order chi connectivity index (χ0) is 12.6. The summed E-state index contributed by atoms with van der Waals surface area (Å²) in [5.41, 5.74) is 0. The largest absolute Gasteiger partial charge is 0.445 e. The molecule has 1 rings (SSSR count). The highest BCUT2D eigenvalue weighted by molar-refractivity contribution is 6.83. The molecule has 0 saturated carbocycles. The Kier molecular flexibility index (Phi) is 4.43. The van der Waals surface area contributed by atoms with Gasteiger partial charge in [-0.1, -0.05) is 20.3 Å². The van der Waals surface area contributed by atoms with Crippen molar-refractivity contribution in [1.82, 2.24) is 4.57 Å². The van der Waals surface area contributed by atoms with Crippen LogP contribution in [-0.4, -0.2) is 33.4 Å². The first-order valence-electron chi connectivity index (χ1n) is 6.62. The van der Waals surface area contributed by atoms with E-state index in [-0.39, 0.29) is 0 Å². The number of rotatable bonds is 3. The Balaban J connectivity index is 2.79. The SMILES string of the molecule is CC1CCCC(C)N1[Si](C)(C)O[Si](C)(C)C. The zero-order valence-electron chi connectivity index (χ0n) is 12.1. The van der Waals surface area contributed by atoms with E-state index in [1.165, 1.54) is 19.3 Å². The van der Waals surface area contributed by atoms with Gasteiger partial charge in [-0.2, -0.15) is 0 Å². The molecule has 16 heavy (non-hydrogen) atoms. The lowest BCUT2D eigenvalue weighted by molar-refractivity contribution is 0.170. The third-order valence-electron chi connectivity index (χ3n) is 3.37. The summed E-state index contributed by atoms with van der Waals surface area (Å²) in [6.07, 6.45) is 4.07. The first-order chi connectivity index (χ1) is 7.13. The van der Waals surface area contributed by atoms with Gasteiger partial charge >= 0.3 is 0 Å². The topological polar surface area (TPSA) is 12.5 Å². The van der Waals surface area contributed by atoms with Crippen molar-refractivity contribution >= 4 is 16.8 Å². The van der Waals surface area contributed by atoms with Crippen LogP contribution in [0, 0.1) is 0 Å². The molecule has 0 aromatic rings. The Morgan fingerprint density at radius 2 is 1.38 bits per heavy atom. The highest BCUT2D eigenvalue weighted by Gasteiger charge is 2.42. The van der Waals surface area contributed by atoms with Crippen molar-refractivity contribution in [3.8, 4) is 0 Å². The minimum absolute atomic E-state index is 0.710. The Morgan fingerprint density at radius 3 is 1.75 bits per heavy atom. The minimum atomic E-state index is -1.67. The second-order valence-corrected chi connectivity index (χ2v) is 15.1. The van der Waals surface area contributed by atoms with Crippen molar-refractivity contribution in [1.29, 1.82) is 0 Å². The maximum Gasteiger partial charge on any atom is 0.255 e. The summed E-state index contributed by atoms with van der Waals surface area (Å²) in [5.74, 6) is 0. The minimum Gasteiger partial charge on any atom is -0.445 e. The van der Waals surface area contributed by atoms with E-state index in [2.05, 4.69) is 51.1 Å². The zero-order valence-corrected chi connectivity index (χ0v) is 14.1. The fraction of sp³-hybridized carbons (Fsp3) is 1.00. The van der Waals surface area contributed by atoms with E-state index in [1.54, 1.807) is 0 Å². The Bertz CT molecular complexity index is 228. The fourth-order valence-electron chi connectivity index (χ4n) is 3.28. The molecule has 0 radical (unpaired) electrons. The molecule has 0 amide bonds. The Hall–Kier alpha value is 0.354. The highest BCUT2D eigenvalue weighted by Crippen LogP contribution is 2.30. The monoisotopic (exact) mass is 259 g/mol. The molecule has 0 spiro atoms. The van der Waals surface area contributed by atoms with E-state index in [1.807, 2.05) is 0 Å². The Morgan fingerprint density at radius 1 is 0.938 bits per heavy atom. The van der Waals surface area contributed by atoms with Crippen LogP contribution in [0.1, 0.15) is 33.1 Å². The average molecular weight is 260 g/mol. The molecule has 1 aliphatic rings. The van der Waals surface area contributed by atoms with Crippen molar-refractivity contribution in [3.63, 3.8) is 0 Å². The van der Waals surface area contributed by atoms with Crippen LogP contribution in [0.25, 0.3) is 0 Å². The molecule has 2 atom stereocenters. The van der Waals surface area contributed by atoms with Gasteiger partial charge < -0.3 is 4.12 Å². The lowest BCUT2D eigenvalue weighted by Gasteiger charge is -2.49. The molecule has 0 N–H and O–H groups in total. The molecule has 1 saturated heterocycles. The smallest absolute Gasteiger partial charge is 0.255 e. The lowest BCUT2D eigenvalue weighted by Crippen LogP contribution is -2.63. The quantitative estimate of drug-likeness (QED) is 0.715. The van der Waals surface area contributed by atoms with Crippen molar-refractivity contribution in [3.05, 3.63) is 0 Å². The molecular weight excluding hydrogens is 230 g/mol. The molecule has 1 heterocycles. The number of nitrogens with zero attached hydrogens (tertiary/aromatic N) is 1. The van der Waals surface area contributed by atoms with E-state index in [4.69, 9.17) is 4.12 Å². The standard InChI is InChI=1S/C12H29NOSi2/c1-11-9-8-10-12(2)13(11)16(6,7)14-15(3,4)5/h11-12H,8-10H2,1-7H3. The molecule has 96 valence electrons. The summed E-state index contributed by atoms with van der Waals surface area (Å²) in [5, 5.41) is 0. The summed E-state index contributed by atoms with van der Waals surface area (Å²) >= 11 is 0. The van der Waals surface area contributed by atoms with Crippen LogP contribution in [0.3, 0.4) is 0 Å². The molecule has 2 nitrogen and oxygen atoms in total. The van der Waals surface area contributed by atoms with Crippen LogP contribution in [0.15, 0.2) is 0 Å². The summed E-state index contributed by atoms with van der Waals surface area (Å²) < 4.78 is 9.23. The predicted octanol–water partition coefficient (Wildman–Crippen LogP) is 3.80. The maximum atomic E-state index is 6.51. The van der Waals surface area contributed by atoms with Gasteiger partial charge in [-0.05, 0) is 45.6 Å². The summed E-state index contributed by atoms with van der Waals surface area (Å²) in [6, 6.07) is 1.42. The molecule has 0 bridgehead atoms. The van der Waals surface area contributed by atoms with Crippen LogP contribution >= 0.6 is 0 Å². The first-order valence-corrected chi connectivity index (χ1v) is 12.9. The first kappa shape index (κ1) is 14.4. The van der Waals surface area contributed by atoms with Crippen LogP contribution in [0.4, 0.5) is 0 Å². The van der Waals surface area contributed by atoms with Gasteiger partial charge in [-0.3, -0.25) is 4.57 Å². The summed E-state index contributed by atoms with van der Waals surface area (Å²) in [4.78, 5) is 0. The van der Waals surface area contributed by atoms with Crippen molar-refractivity contribution in [2.75, 3.05) is 0 Å². The van der Waals surface area contributed by atoms with E-state index < -0.39 is 16.8 Å². The van der Waals surface area contributed by atoms with Crippen LogP contribution in [0.2, 0.25) is 32.7 Å². The predicted molar refractivity (Wildman–Crippen MR) is 76.5 cm³/mol. The molecule has 0 aromatic carbocycles. The molecular formula is C12H29NOSi2. The van der Waals surface area contributed by atoms with Gasteiger partial charge in [0.1, 0.15) is 0 Å². The Labute approximate surface area is 104 Å². The number of hydrogen-bond acceptors (Lipinski definition) is 2. The number of hydrogen-bond donors (Lipinski definition) is 0. The average Bonchev–Trinajstić information content (AvgIpc) is 1.97. The molecule has 1 fully saturated rings. The summed E-state index contributed by atoms with van der Waals surface area (Å²) in [7, 11) is -3.08. The summed E-state index contributed by atoms with van der Waals surface area (Å²) in [6.45, 7) is 16.4. The van der Waals surface area contributed by atoms with Gasteiger partial charge in [0.2, 0.25) is 0 Å². The van der Waals surface area contributed by atoms with Crippen molar-refractivity contribution < 1.29 is 4.12 Å². The van der Waals surface area contributed by atoms with Crippen LogP contribution < -0.4 is 0 Å². The van der Waals surface area contributed by atoms with Gasteiger partial charge in [-0.25, -0.2) is 0 Å². The second-order valence-electron chi connectivity index (χ2n) is 6.70. The van der Waals surface area contributed by atoms with Gasteiger partial charge in [-0.15, -0.1) is 0 Å². The van der Waals surface area contributed by atoms with E-state index >= 15 is 0 Å². The highest BCUT2D eigenvalue weighted by atomic mass is 28.4. The molecule has 0 aliphatic carbocycles. The van der Waals surface area contributed by atoms with Gasteiger partial charge in [0, 0.05) is 12.1 Å². The molecule has 0 aromatic heterocycles. The van der Waals surface area contributed by atoms with E-state index in [0.717, 1.165) is 0 Å². The van der Waals surface area contributed by atoms with Gasteiger partial charge in [0.15, 0.2) is 8.32 Å². The van der Waals surface area contributed by atoms with Crippen LogP contribution in [-0.2, 0) is 4.12 Å². The normalized spacial score (nSPS) is 29.4. The third kappa shape index (κ3) is 3.69. The van der Waals surface area contributed by atoms with Crippen molar-refractivity contribution in [2.24, 2.45) is 0 Å². The van der Waals surface area contributed by atoms with E-state index in [0.29, 0.717) is 12.1 Å².